The van der Waals surface area contributed by atoms with Crippen molar-refractivity contribution in [1.82, 2.24) is 9.88 Å². The average molecular weight is 292 g/mol. The monoisotopic (exact) mass is 292 g/mol. The Labute approximate surface area is 125 Å². The Morgan fingerprint density at radius 2 is 2.14 bits per heavy atom. The number of pyridine rings is 1. The van der Waals surface area contributed by atoms with Crippen LogP contribution in [0, 0.1) is 0 Å². The molecule has 2 heterocycles. The topological polar surface area (TPSA) is 68.7 Å². The molecule has 2 amide bonds. The van der Waals surface area contributed by atoms with E-state index in [2.05, 4.69) is 15.2 Å². The van der Waals surface area contributed by atoms with Crippen molar-refractivity contribution in [3.8, 4) is 0 Å². The number of urea groups is 1. The molecule has 1 saturated heterocycles. The van der Waals surface area contributed by atoms with Crippen LogP contribution >= 0.6 is 0 Å². The van der Waals surface area contributed by atoms with Gasteiger partial charge >= 0.3 is 6.03 Å². The van der Waals surface area contributed by atoms with Crippen molar-refractivity contribution in [3.05, 3.63) is 18.3 Å². The molecule has 0 bridgehead atoms. The van der Waals surface area contributed by atoms with E-state index in [1.807, 2.05) is 12.1 Å². The molecular formula is C15H24N4O2. The van der Waals surface area contributed by atoms with Crippen molar-refractivity contribution < 1.29 is 9.90 Å². The molecule has 1 aromatic heterocycles. The van der Waals surface area contributed by atoms with Crippen LogP contribution in [0.3, 0.4) is 0 Å². The Balaban J connectivity index is 2.07. The fraction of sp³-hybridized carbons (Fsp3) is 0.600. The van der Waals surface area contributed by atoms with E-state index in [1.165, 1.54) is 4.90 Å². The van der Waals surface area contributed by atoms with Crippen LogP contribution in [0.2, 0.25) is 0 Å². The van der Waals surface area contributed by atoms with Gasteiger partial charge in [0.25, 0.3) is 0 Å². The number of aliphatic hydroxyl groups is 1. The van der Waals surface area contributed by atoms with E-state index < -0.39 is 5.60 Å². The normalized spacial score (nSPS) is 15.1. The number of carbonyl (C=O) groups excluding carboxylic acids is 1. The highest BCUT2D eigenvalue weighted by Crippen LogP contribution is 2.26. The van der Waals surface area contributed by atoms with E-state index in [-0.39, 0.29) is 12.6 Å². The van der Waals surface area contributed by atoms with Crippen LogP contribution in [-0.2, 0) is 0 Å². The molecule has 6 heteroatoms. The molecule has 0 spiro atoms. The summed E-state index contributed by atoms with van der Waals surface area (Å²) >= 11 is 0. The van der Waals surface area contributed by atoms with Crippen LogP contribution in [-0.4, -0.2) is 53.3 Å². The second kappa shape index (κ2) is 6.30. The van der Waals surface area contributed by atoms with Crippen molar-refractivity contribution in [2.24, 2.45) is 0 Å². The van der Waals surface area contributed by atoms with Gasteiger partial charge in [-0.15, -0.1) is 0 Å². The number of carbonyl (C=O) groups is 1. The van der Waals surface area contributed by atoms with Crippen molar-refractivity contribution in [2.75, 3.05) is 36.9 Å². The molecule has 1 fully saturated rings. The largest absolute Gasteiger partial charge is 0.389 e. The number of nitrogens with one attached hydrogen (secondary N) is 1. The highest BCUT2D eigenvalue weighted by atomic mass is 16.3. The lowest BCUT2D eigenvalue weighted by molar-refractivity contribution is 0.0550. The van der Waals surface area contributed by atoms with Crippen LogP contribution in [0.4, 0.5) is 16.3 Å². The summed E-state index contributed by atoms with van der Waals surface area (Å²) in [4.78, 5) is 20.3. The van der Waals surface area contributed by atoms with Gasteiger partial charge < -0.3 is 20.2 Å². The Bertz CT molecular complexity index is 493. The number of anilines is 2. The fourth-order valence-electron chi connectivity index (χ4n) is 2.54. The molecule has 2 N–H and O–H groups in total. The van der Waals surface area contributed by atoms with E-state index >= 15 is 0 Å². The lowest BCUT2D eigenvalue weighted by Gasteiger charge is -2.26. The first-order chi connectivity index (χ1) is 9.87. The molecule has 21 heavy (non-hydrogen) atoms. The van der Waals surface area contributed by atoms with Gasteiger partial charge in [-0.25, -0.2) is 9.78 Å². The molecule has 0 aromatic carbocycles. The summed E-state index contributed by atoms with van der Waals surface area (Å²) in [5.74, 6) is 0.819. The Hall–Kier alpha value is -1.82. The second-order valence-electron chi connectivity index (χ2n) is 6.17. The summed E-state index contributed by atoms with van der Waals surface area (Å²) in [5, 5.41) is 12.7. The number of hydrogen-bond acceptors (Lipinski definition) is 4. The van der Waals surface area contributed by atoms with Crippen LogP contribution in [0.1, 0.15) is 26.7 Å². The second-order valence-corrected chi connectivity index (χ2v) is 6.17. The van der Waals surface area contributed by atoms with Crippen molar-refractivity contribution in [1.29, 1.82) is 0 Å². The molecule has 1 aromatic rings. The number of rotatable bonds is 4. The van der Waals surface area contributed by atoms with Gasteiger partial charge in [0, 0.05) is 26.3 Å². The third-order valence-electron chi connectivity index (χ3n) is 3.40. The Morgan fingerprint density at radius 3 is 2.76 bits per heavy atom. The maximum atomic E-state index is 12.2. The van der Waals surface area contributed by atoms with E-state index in [9.17, 15) is 9.90 Å². The lowest BCUT2D eigenvalue weighted by atomic mass is 10.1. The maximum Gasteiger partial charge on any atom is 0.321 e. The van der Waals surface area contributed by atoms with Gasteiger partial charge in [-0.3, -0.25) is 0 Å². The van der Waals surface area contributed by atoms with Crippen LogP contribution in [0.15, 0.2) is 18.3 Å². The molecule has 116 valence electrons. The molecule has 0 saturated carbocycles. The predicted octanol–water partition coefficient (Wildman–Crippen LogP) is 1.92. The highest BCUT2D eigenvalue weighted by molar-refractivity contribution is 5.92. The molecule has 2 rings (SSSR count). The Kier molecular flexibility index (Phi) is 4.67. The maximum absolute atomic E-state index is 12.2. The van der Waals surface area contributed by atoms with Crippen molar-refractivity contribution >= 4 is 17.5 Å². The van der Waals surface area contributed by atoms with Gasteiger partial charge in [-0.1, -0.05) is 0 Å². The van der Waals surface area contributed by atoms with Crippen molar-refractivity contribution in [3.63, 3.8) is 0 Å². The first kappa shape index (κ1) is 15.6. The van der Waals surface area contributed by atoms with Crippen LogP contribution in [0.5, 0.6) is 0 Å². The highest BCUT2D eigenvalue weighted by Gasteiger charge is 2.22. The fourth-order valence-corrected chi connectivity index (χ4v) is 2.54. The predicted molar refractivity (Wildman–Crippen MR) is 83.6 cm³/mol. The van der Waals surface area contributed by atoms with Crippen LogP contribution in [0.25, 0.3) is 0 Å². The van der Waals surface area contributed by atoms with Crippen molar-refractivity contribution in [2.45, 2.75) is 32.3 Å². The molecule has 0 atom stereocenters. The number of likely N-dealkylation sites (N-methyl/N-ethyl adjacent to an activating group) is 1. The number of hydrogen-bond donors (Lipinski definition) is 2. The summed E-state index contributed by atoms with van der Waals surface area (Å²) < 4.78 is 0. The van der Waals surface area contributed by atoms with Gasteiger partial charge in [-0.05, 0) is 38.8 Å². The molecule has 0 unspecified atom stereocenters. The lowest BCUT2D eigenvalue weighted by Crippen LogP contribution is -2.42. The number of nitrogens with zero attached hydrogens (tertiary/aromatic N) is 3. The average Bonchev–Trinajstić information content (AvgIpc) is 2.91. The summed E-state index contributed by atoms with van der Waals surface area (Å²) in [6.45, 7) is 5.56. The van der Waals surface area contributed by atoms with Gasteiger partial charge in [0.05, 0.1) is 17.8 Å². The zero-order valence-electron chi connectivity index (χ0n) is 13.0. The molecular weight excluding hydrogens is 268 g/mol. The van der Waals surface area contributed by atoms with Gasteiger partial charge in [0.2, 0.25) is 0 Å². The zero-order valence-corrected chi connectivity index (χ0v) is 13.0. The van der Waals surface area contributed by atoms with Gasteiger partial charge in [0.15, 0.2) is 5.82 Å². The third kappa shape index (κ3) is 4.32. The minimum atomic E-state index is -0.918. The molecule has 1 aliphatic rings. The first-order valence-corrected chi connectivity index (χ1v) is 7.31. The number of aromatic nitrogens is 1. The SMILES string of the molecule is CN(CC(C)(C)O)C(=O)Nc1cccnc1N1CCCC1. The summed E-state index contributed by atoms with van der Waals surface area (Å²) in [6, 6.07) is 3.42. The third-order valence-corrected chi connectivity index (χ3v) is 3.40. The number of amides is 2. The smallest absolute Gasteiger partial charge is 0.321 e. The van der Waals surface area contributed by atoms with Crippen LogP contribution < -0.4 is 10.2 Å². The first-order valence-electron chi connectivity index (χ1n) is 7.31. The van der Waals surface area contributed by atoms with E-state index in [1.54, 1.807) is 27.1 Å². The Morgan fingerprint density at radius 1 is 1.48 bits per heavy atom. The minimum Gasteiger partial charge on any atom is -0.389 e. The summed E-state index contributed by atoms with van der Waals surface area (Å²) in [7, 11) is 1.67. The van der Waals surface area contributed by atoms with Gasteiger partial charge in [-0.2, -0.15) is 0 Å². The molecule has 0 aliphatic carbocycles. The zero-order chi connectivity index (χ0) is 15.5. The quantitative estimate of drug-likeness (QED) is 0.889. The molecule has 1 aliphatic heterocycles. The van der Waals surface area contributed by atoms with E-state index in [0.29, 0.717) is 5.69 Å². The summed E-state index contributed by atoms with van der Waals surface area (Å²) in [6.07, 6.45) is 4.05. The minimum absolute atomic E-state index is 0.245. The molecule has 0 radical (unpaired) electrons. The van der Waals surface area contributed by atoms with E-state index in [4.69, 9.17) is 0 Å². The van der Waals surface area contributed by atoms with Gasteiger partial charge in [0.1, 0.15) is 0 Å². The summed E-state index contributed by atoms with van der Waals surface area (Å²) in [5.41, 5.74) is -0.203. The standard InChI is InChI=1S/C15H24N4O2/c1-15(2,21)11-18(3)14(20)17-12-7-6-8-16-13(12)19-9-4-5-10-19/h6-8,21H,4-5,9-11H2,1-3H3,(H,17,20). The molecule has 6 nitrogen and oxygen atoms in total. The van der Waals surface area contributed by atoms with E-state index in [0.717, 1.165) is 31.7 Å².